The molecule has 0 bridgehead atoms. The summed E-state index contributed by atoms with van der Waals surface area (Å²) in [6.45, 7) is 5.50. The number of benzene rings is 2. The Morgan fingerprint density at radius 2 is 1.55 bits per heavy atom. The monoisotopic (exact) mass is 428 g/mol. The zero-order valence-corrected chi connectivity index (χ0v) is 17.6. The van der Waals surface area contributed by atoms with Crippen LogP contribution in [-0.2, 0) is 9.59 Å². The summed E-state index contributed by atoms with van der Waals surface area (Å²) in [5, 5.41) is 24.5. The Kier molecular flexibility index (Phi) is 15.7. The number of carboxylic acid groups (broad SMARTS) is 1. The van der Waals surface area contributed by atoms with Gasteiger partial charge < -0.3 is 31.4 Å². The minimum Gasteiger partial charge on any atom is -0.480 e. The minimum absolute atomic E-state index is 0. The fourth-order valence-corrected chi connectivity index (χ4v) is 2.09. The van der Waals surface area contributed by atoms with Crippen molar-refractivity contribution in [2.24, 2.45) is 17.4 Å². The van der Waals surface area contributed by atoms with Gasteiger partial charge >= 0.3 is 19.6 Å². The van der Waals surface area contributed by atoms with E-state index in [0.29, 0.717) is 18.1 Å². The molecule has 8 nitrogen and oxygen atoms in total. The second-order valence-corrected chi connectivity index (χ2v) is 6.40. The van der Waals surface area contributed by atoms with Crippen molar-refractivity contribution in [3.63, 3.8) is 0 Å². The van der Waals surface area contributed by atoms with Crippen LogP contribution in [0, 0.1) is 5.92 Å². The summed E-state index contributed by atoms with van der Waals surface area (Å²) < 4.78 is 5.23. The van der Waals surface area contributed by atoms with Crippen LogP contribution in [0.5, 0.6) is 5.75 Å². The topological polar surface area (TPSA) is 156 Å². The van der Waals surface area contributed by atoms with Crippen molar-refractivity contribution in [3.8, 4) is 5.75 Å². The fourth-order valence-electron chi connectivity index (χ4n) is 2.09. The maximum atomic E-state index is 11.4. The molecule has 7 N–H and O–H groups in total. The van der Waals surface area contributed by atoms with Gasteiger partial charge in [-0.1, -0.05) is 50.2 Å². The SMILES string of the molecule is CC(C)C[C@H](N)C(=O)O.C[C@H](N)C(=O)Oc1cccc2ccccc12.Cl.OBO. The Labute approximate surface area is 177 Å². The summed E-state index contributed by atoms with van der Waals surface area (Å²) in [5.74, 6) is -0.420. The number of halogens is 1. The molecule has 0 aliphatic heterocycles. The van der Waals surface area contributed by atoms with Gasteiger partial charge in [0, 0.05) is 5.39 Å². The van der Waals surface area contributed by atoms with Crippen LogP contribution in [0.15, 0.2) is 42.5 Å². The molecule has 10 heteroatoms. The zero-order chi connectivity index (χ0) is 21.7. The maximum Gasteiger partial charge on any atom is 0.432 e. The van der Waals surface area contributed by atoms with Crippen LogP contribution < -0.4 is 16.2 Å². The molecule has 0 aromatic heterocycles. The molecule has 0 spiro atoms. The Hall–Kier alpha value is -2.17. The first kappa shape index (κ1) is 29.0. The third kappa shape index (κ3) is 12.1. The van der Waals surface area contributed by atoms with E-state index < -0.39 is 31.7 Å². The average molecular weight is 429 g/mol. The van der Waals surface area contributed by atoms with Crippen molar-refractivity contribution in [2.75, 3.05) is 0 Å². The first-order chi connectivity index (χ1) is 13.1. The van der Waals surface area contributed by atoms with Crippen LogP contribution in [0.3, 0.4) is 0 Å². The van der Waals surface area contributed by atoms with E-state index in [2.05, 4.69) is 0 Å². The lowest BCUT2D eigenvalue weighted by Crippen LogP contribution is -2.31. The van der Waals surface area contributed by atoms with Gasteiger partial charge in [0.25, 0.3) is 0 Å². The first-order valence-corrected chi connectivity index (χ1v) is 8.79. The molecule has 2 aromatic carbocycles. The van der Waals surface area contributed by atoms with E-state index in [0.717, 1.165) is 10.8 Å². The highest BCUT2D eigenvalue weighted by Crippen LogP contribution is 2.25. The molecule has 162 valence electrons. The van der Waals surface area contributed by atoms with Crippen molar-refractivity contribution < 1.29 is 29.5 Å². The van der Waals surface area contributed by atoms with Crippen LogP contribution in [0.1, 0.15) is 27.2 Å². The van der Waals surface area contributed by atoms with E-state index >= 15 is 0 Å². The third-order valence-electron chi connectivity index (χ3n) is 3.37. The predicted molar refractivity (Wildman–Crippen MR) is 117 cm³/mol. The van der Waals surface area contributed by atoms with Gasteiger partial charge in [0.1, 0.15) is 17.8 Å². The highest BCUT2D eigenvalue weighted by molar-refractivity contribution is 6.13. The van der Waals surface area contributed by atoms with Crippen molar-refractivity contribution in [2.45, 2.75) is 39.3 Å². The van der Waals surface area contributed by atoms with Crippen molar-refractivity contribution >= 4 is 42.8 Å². The molecule has 2 atom stereocenters. The molecule has 0 radical (unpaired) electrons. The van der Waals surface area contributed by atoms with E-state index in [9.17, 15) is 9.59 Å². The van der Waals surface area contributed by atoms with E-state index in [1.54, 1.807) is 13.0 Å². The summed E-state index contributed by atoms with van der Waals surface area (Å²) in [5.41, 5.74) is 10.7. The first-order valence-electron chi connectivity index (χ1n) is 8.79. The van der Waals surface area contributed by atoms with E-state index in [-0.39, 0.29) is 12.4 Å². The molecule has 0 saturated heterocycles. The number of esters is 1. The lowest BCUT2D eigenvalue weighted by molar-refractivity contribution is -0.139. The van der Waals surface area contributed by atoms with Gasteiger partial charge in [-0.2, -0.15) is 0 Å². The van der Waals surface area contributed by atoms with E-state index in [1.807, 2.05) is 50.2 Å². The summed E-state index contributed by atoms with van der Waals surface area (Å²) in [4.78, 5) is 21.5. The summed E-state index contributed by atoms with van der Waals surface area (Å²) >= 11 is 0. The number of nitrogens with two attached hydrogens (primary N) is 2. The molecule has 0 aliphatic rings. The number of carboxylic acids is 1. The molecule has 0 aliphatic carbocycles. The summed E-state index contributed by atoms with van der Waals surface area (Å²) in [6, 6.07) is 12.0. The number of hydrogen-bond donors (Lipinski definition) is 5. The summed E-state index contributed by atoms with van der Waals surface area (Å²) in [6.07, 6.45) is 0.551. The number of aliphatic carboxylic acids is 1. The summed E-state index contributed by atoms with van der Waals surface area (Å²) in [7, 11) is -0.750. The Balaban J connectivity index is 0. The van der Waals surface area contributed by atoms with Gasteiger partial charge in [0.05, 0.1) is 0 Å². The molecule has 2 aromatic rings. The molecular formula is C19H30BClN2O6. The van der Waals surface area contributed by atoms with Crippen LogP contribution in [-0.4, -0.2) is 46.9 Å². The van der Waals surface area contributed by atoms with Gasteiger partial charge in [-0.3, -0.25) is 4.79 Å². The van der Waals surface area contributed by atoms with E-state index in [4.69, 9.17) is 31.4 Å². The van der Waals surface area contributed by atoms with E-state index in [1.165, 1.54) is 0 Å². The minimum atomic E-state index is -0.913. The van der Waals surface area contributed by atoms with Crippen molar-refractivity contribution in [1.29, 1.82) is 0 Å². The van der Waals surface area contributed by atoms with Crippen molar-refractivity contribution in [3.05, 3.63) is 42.5 Å². The highest BCUT2D eigenvalue weighted by Gasteiger charge is 2.12. The van der Waals surface area contributed by atoms with Gasteiger partial charge in [0.2, 0.25) is 0 Å². The molecule has 29 heavy (non-hydrogen) atoms. The fraction of sp³-hybridized carbons (Fsp3) is 0.368. The number of carbonyl (C=O) groups excluding carboxylic acids is 1. The van der Waals surface area contributed by atoms with Crippen LogP contribution >= 0.6 is 12.4 Å². The maximum absolute atomic E-state index is 11.4. The molecule has 0 unspecified atom stereocenters. The number of carbonyl (C=O) groups is 2. The second-order valence-electron chi connectivity index (χ2n) is 6.40. The number of rotatable bonds is 5. The normalized spacial score (nSPS) is 11.6. The quantitative estimate of drug-likeness (QED) is 0.270. The standard InChI is InChI=1S/C13H13NO2.C6H13NO2.BH3O2.ClH/c1-9(14)13(15)16-12-8-4-6-10-5-2-3-7-11(10)12;1-4(2)3-5(7)6(8)9;2-1-3;/h2-9H,14H2,1H3;4-5H,3,7H2,1-2H3,(H,8,9);1-3H;1H/t9-;5-;;/m00../s1. The smallest absolute Gasteiger partial charge is 0.432 e. The Morgan fingerprint density at radius 3 is 2.00 bits per heavy atom. The van der Waals surface area contributed by atoms with Crippen LogP contribution in [0.2, 0.25) is 0 Å². The van der Waals surface area contributed by atoms with Gasteiger partial charge in [-0.25, -0.2) is 4.79 Å². The lowest BCUT2D eigenvalue weighted by Gasteiger charge is -2.09. The number of ether oxygens (including phenoxy) is 1. The van der Waals surface area contributed by atoms with Crippen LogP contribution in [0.25, 0.3) is 10.8 Å². The molecule has 0 saturated carbocycles. The van der Waals surface area contributed by atoms with Gasteiger partial charge in [0.15, 0.2) is 0 Å². The zero-order valence-electron chi connectivity index (χ0n) is 16.8. The van der Waals surface area contributed by atoms with Crippen LogP contribution in [0.4, 0.5) is 0 Å². The van der Waals surface area contributed by atoms with Gasteiger partial charge in [-0.15, -0.1) is 12.4 Å². The third-order valence-corrected chi connectivity index (χ3v) is 3.37. The highest BCUT2D eigenvalue weighted by atomic mass is 35.5. The predicted octanol–water partition coefficient (Wildman–Crippen LogP) is 1.20. The van der Waals surface area contributed by atoms with Gasteiger partial charge in [-0.05, 0) is 30.7 Å². The number of fused-ring (bicyclic) bond motifs is 1. The number of hydrogen-bond acceptors (Lipinski definition) is 7. The molecular weight excluding hydrogens is 398 g/mol. The molecule has 0 heterocycles. The Bertz CT molecular complexity index is 740. The molecule has 0 amide bonds. The average Bonchev–Trinajstić information content (AvgIpc) is 2.62. The largest absolute Gasteiger partial charge is 0.480 e. The lowest BCUT2D eigenvalue weighted by atomic mass is 10.1. The molecule has 0 fully saturated rings. The molecule has 2 rings (SSSR count). The second kappa shape index (κ2) is 15.7. The Morgan fingerprint density at radius 1 is 1.03 bits per heavy atom. The van der Waals surface area contributed by atoms with Crippen molar-refractivity contribution in [1.82, 2.24) is 0 Å².